The lowest BCUT2D eigenvalue weighted by Gasteiger charge is -2.30. The van der Waals surface area contributed by atoms with E-state index in [-0.39, 0.29) is 16.2 Å². The van der Waals surface area contributed by atoms with Gasteiger partial charge < -0.3 is 9.64 Å². The van der Waals surface area contributed by atoms with Gasteiger partial charge in [0.25, 0.3) is 0 Å². The quantitative estimate of drug-likeness (QED) is 0.828. The number of fused-ring (bicyclic) bond motifs is 1. The lowest BCUT2D eigenvalue weighted by Crippen LogP contribution is -2.41. The molecule has 2 aliphatic rings. The molecule has 0 spiro atoms. The third-order valence-corrected chi connectivity index (χ3v) is 6.40. The van der Waals surface area contributed by atoms with Gasteiger partial charge in [-0.2, -0.15) is 4.31 Å². The van der Waals surface area contributed by atoms with E-state index in [0.717, 1.165) is 6.54 Å². The van der Waals surface area contributed by atoms with Crippen LogP contribution in [0, 0.1) is 17.2 Å². The van der Waals surface area contributed by atoms with Gasteiger partial charge in [0.2, 0.25) is 10.0 Å². The third kappa shape index (κ3) is 2.67. The van der Waals surface area contributed by atoms with E-state index in [4.69, 9.17) is 4.74 Å². The Labute approximate surface area is 130 Å². The van der Waals surface area contributed by atoms with Gasteiger partial charge in [0.15, 0.2) is 0 Å². The molecule has 0 N–H and O–H groups in total. The summed E-state index contributed by atoms with van der Waals surface area (Å²) in [6, 6.07) is 5.02. The molecule has 0 radical (unpaired) electrons. The molecular formula is C15H21FN2O3S. The Morgan fingerprint density at radius 2 is 2.05 bits per heavy atom. The van der Waals surface area contributed by atoms with Crippen molar-refractivity contribution in [3.63, 3.8) is 0 Å². The number of sulfonamides is 1. The molecule has 2 saturated heterocycles. The minimum absolute atomic E-state index is 0.142. The lowest BCUT2D eigenvalue weighted by molar-refractivity contribution is 0.124. The highest BCUT2D eigenvalue weighted by Crippen LogP contribution is 2.43. The molecule has 1 aromatic rings. The Kier molecular flexibility index (Phi) is 4.01. The predicted molar refractivity (Wildman–Crippen MR) is 80.5 cm³/mol. The Bertz CT molecular complexity index is 647. The fourth-order valence-corrected chi connectivity index (χ4v) is 5.16. The van der Waals surface area contributed by atoms with Crippen LogP contribution in [0.1, 0.15) is 0 Å². The van der Waals surface area contributed by atoms with Crippen LogP contribution in [0.2, 0.25) is 0 Å². The zero-order valence-corrected chi connectivity index (χ0v) is 13.6. The van der Waals surface area contributed by atoms with Crippen LogP contribution < -0.4 is 0 Å². The number of nitrogens with zero attached hydrogens (tertiary/aromatic N) is 2. The van der Waals surface area contributed by atoms with E-state index in [2.05, 4.69) is 4.90 Å². The van der Waals surface area contributed by atoms with Crippen molar-refractivity contribution in [2.75, 3.05) is 46.9 Å². The van der Waals surface area contributed by atoms with Crippen LogP contribution in [0.3, 0.4) is 0 Å². The molecule has 0 saturated carbocycles. The molecule has 2 heterocycles. The zero-order chi connectivity index (χ0) is 16.0. The van der Waals surface area contributed by atoms with Crippen LogP contribution >= 0.6 is 0 Å². The summed E-state index contributed by atoms with van der Waals surface area (Å²) in [6.07, 6.45) is 0. The Morgan fingerprint density at radius 1 is 1.36 bits per heavy atom. The Hall–Kier alpha value is -1.02. The maximum absolute atomic E-state index is 13.0. The zero-order valence-electron chi connectivity index (χ0n) is 12.8. The second kappa shape index (κ2) is 5.56. The van der Waals surface area contributed by atoms with Gasteiger partial charge in [0.05, 0.1) is 18.1 Å². The SMILES string of the molecule is CN(C)C[C@]12COC[C@H]1CN(S(=O)(=O)c1ccc(F)cc1)C2. The van der Waals surface area contributed by atoms with Crippen LogP contribution in [0.5, 0.6) is 0 Å². The first-order valence-electron chi connectivity index (χ1n) is 7.32. The standard InChI is InChI=1S/C15H21FN2O3S/c1-17(2)9-15-10-18(7-12(15)8-21-11-15)22(19,20)14-5-3-13(16)4-6-14/h3-6,12H,7-11H2,1-2H3/t12-,15+/m1/s1. The van der Waals surface area contributed by atoms with E-state index in [1.54, 1.807) is 0 Å². The molecule has 0 aromatic heterocycles. The van der Waals surface area contributed by atoms with Gasteiger partial charge in [-0.25, -0.2) is 12.8 Å². The average Bonchev–Trinajstić information content (AvgIpc) is 2.95. The van der Waals surface area contributed by atoms with Crippen LogP contribution in [-0.4, -0.2) is 64.6 Å². The molecule has 2 atom stereocenters. The summed E-state index contributed by atoms with van der Waals surface area (Å²) in [6.45, 7) is 2.91. The van der Waals surface area contributed by atoms with Crippen molar-refractivity contribution in [3.8, 4) is 0 Å². The molecule has 0 amide bonds. The predicted octanol–water partition coefficient (Wildman–Crippen LogP) is 1.02. The van der Waals surface area contributed by atoms with Crippen LogP contribution in [-0.2, 0) is 14.8 Å². The van der Waals surface area contributed by atoms with E-state index in [1.165, 1.54) is 28.6 Å². The van der Waals surface area contributed by atoms with E-state index in [1.807, 2.05) is 14.1 Å². The summed E-state index contributed by atoms with van der Waals surface area (Å²) in [7, 11) is 0.396. The molecule has 5 nitrogen and oxygen atoms in total. The normalized spacial score (nSPS) is 29.2. The van der Waals surface area contributed by atoms with Crippen molar-refractivity contribution in [1.29, 1.82) is 0 Å². The Morgan fingerprint density at radius 3 is 2.68 bits per heavy atom. The van der Waals surface area contributed by atoms with Crippen molar-refractivity contribution in [2.45, 2.75) is 4.90 Å². The molecule has 22 heavy (non-hydrogen) atoms. The molecule has 0 aliphatic carbocycles. The van der Waals surface area contributed by atoms with Gasteiger partial charge >= 0.3 is 0 Å². The highest BCUT2D eigenvalue weighted by atomic mass is 32.2. The molecule has 122 valence electrons. The molecule has 0 unspecified atom stereocenters. The van der Waals surface area contributed by atoms with Gasteiger partial charge in [-0.15, -0.1) is 0 Å². The van der Waals surface area contributed by atoms with Gasteiger partial charge in [-0.05, 0) is 38.4 Å². The van der Waals surface area contributed by atoms with E-state index < -0.39 is 15.8 Å². The smallest absolute Gasteiger partial charge is 0.243 e. The maximum atomic E-state index is 13.0. The highest BCUT2D eigenvalue weighted by Gasteiger charge is 2.53. The van der Waals surface area contributed by atoms with Gasteiger partial charge in [-0.3, -0.25) is 0 Å². The molecule has 2 fully saturated rings. The van der Waals surface area contributed by atoms with E-state index in [9.17, 15) is 12.8 Å². The number of hydrogen-bond donors (Lipinski definition) is 0. The van der Waals surface area contributed by atoms with E-state index in [0.29, 0.717) is 26.3 Å². The van der Waals surface area contributed by atoms with Gasteiger partial charge in [0, 0.05) is 31.0 Å². The summed E-state index contributed by atoms with van der Waals surface area (Å²) in [4.78, 5) is 2.23. The Balaban J connectivity index is 1.86. The van der Waals surface area contributed by atoms with Gasteiger partial charge in [-0.1, -0.05) is 0 Å². The monoisotopic (exact) mass is 328 g/mol. The largest absolute Gasteiger partial charge is 0.380 e. The average molecular weight is 328 g/mol. The molecule has 1 aromatic carbocycles. The molecule has 7 heteroatoms. The summed E-state index contributed by atoms with van der Waals surface area (Å²) in [5.74, 6) is -0.222. The summed E-state index contributed by atoms with van der Waals surface area (Å²) < 4.78 is 45.6. The van der Waals surface area contributed by atoms with Crippen molar-refractivity contribution in [1.82, 2.24) is 9.21 Å². The molecule has 2 aliphatic heterocycles. The second-order valence-corrected chi connectivity index (χ2v) is 8.50. The minimum Gasteiger partial charge on any atom is -0.380 e. The summed E-state index contributed by atoms with van der Waals surface area (Å²) >= 11 is 0. The fourth-order valence-electron chi connectivity index (χ4n) is 3.58. The first-order valence-corrected chi connectivity index (χ1v) is 8.76. The summed E-state index contributed by atoms with van der Waals surface area (Å²) in [5.41, 5.74) is -0.142. The minimum atomic E-state index is -3.58. The van der Waals surface area contributed by atoms with Crippen molar-refractivity contribution >= 4 is 10.0 Å². The maximum Gasteiger partial charge on any atom is 0.243 e. The number of benzene rings is 1. The number of hydrogen-bond acceptors (Lipinski definition) is 4. The van der Waals surface area contributed by atoms with Crippen molar-refractivity contribution in [3.05, 3.63) is 30.1 Å². The lowest BCUT2D eigenvalue weighted by atomic mass is 9.81. The number of halogens is 1. The number of rotatable bonds is 4. The first kappa shape index (κ1) is 15.9. The van der Waals surface area contributed by atoms with Crippen LogP contribution in [0.25, 0.3) is 0 Å². The second-order valence-electron chi connectivity index (χ2n) is 6.56. The van der Waals surface area contributed by atoms with Gasteiger partial charge in [0.1, 0.15) is 5.82 Å². The van der Waals surface area contributed by atoms with E-state index >= 15 is 0 Å². The molecule has 3 rings (SSSR count). The highest BCUT2D eigenvalue weighted by molar-refractivity contribution is 7.89. The van der Waals surface area contributed by atoms with Crippen LogP contribution in [0.4, 0.5) is 4.39 Å². The third-order valence-electron chi connectivity index (χ3n) is 4.57. The van der Waals surface area contributed by atoms with Crippen LogP contribution in [0.15, 0.2) is 29.2 Å². The van der Waals surface area contributed by atoms with Crippen molar-refractivity contribution in [2.24, 2.45) is 11.3 Å². The first-order chi connectivity index (χ1) is 10.3. The summed E-state index contributed by atoms with van der Waals surface area (Å²) in [5, 5.41) is 0. The fraction of sp³-hybridized carbons (Fsp3) is 0.600. The molecule has 0 bridgehead atoms. The molecular weight excluding hydrogens is 307 g/mol. The number of ether oxygens (including phenoxy) is 1. The van der Waals surface area contributed by atoms with Crippen molar-refractivity contribution < 1.29 is 17.5 Å². The topological polar surface area (TPSA) is 49.9 Å².